The Morgan fingerprint density at radius 3 is 2.62 bits per heavy atom. The van der Waals surface area contributed by atoms with Crippen LogP contribution in [0.5, 0.6) is 0 Å². The monoisotopic (exact) mass is 311 g/mol. The average molecular weight is 311 g/mol. The summed E-state index contributed by atoms with van der Waals surface area (Å²) in [6, 6.07) is 9.69. The minimum absolute atomic E-state index is 0.232. The van der Waals surface area contributed by atoms with Gasteiger partial charge in [0, 0.05) is 4.88 Å². The molecule has 0 aliphatic heterocycles. The molecule has 1 unspecified atom stereocenters. The van der Waals surface area contributed by atoms with Crippen molar-refractivity contribution in [2.45, 2.75) is 18.8 Å². The summed E-state index contributed by atoms with van der Waals surface area (Å²) in [7, 11) is 0. The van der Waals surface area contributed by atoms with Gasteiger partial charge >= 0.3 is 6.18 Å². The number of thiophene rings is 1. The molecule has 0 spiro atoms. The number of para-hydroxylation sites is 2. The zero-order valence-corrected chi connectivity index (χ0v) is 11.7. The number of nitrogens with zero attached hydrogens (tertiary/aromatic N) is 2. The van der Waals surface area contributed by atoms with Crippen LogP contribution in [0.3, 0.4) is 0 Å². The summed E-state index contributed by atoms with van der Waals surface area (Å²) in [4.78, 5) is 5.08. The van der Waals surface area contributed by atoms with Gasteiger partial charge in [0.05, 0.1) is 17.1 Å². The number of halogens is 3. The molecule has 0 saturated heterocycles. The molecular formula is C14H12F3N3S. The summed E-state index contributed by atoms with van der Waals surface area (Å²) < 4.78 is 39.7. The van der Waals surface area contributed by atoms with E-state index in [1.54, 1.807) is 30.3 Å². The van der Waals surface area contributed by atoms with Crippen molar-refractivity contribution in [2.75, 3.05) is 0 Å². The molecule has 1 aromatic carbocycles. The summed E-state index contributed by atoms with van der Waals surface area (Å²) in [6.45, 7) is -1.10. The molecular weight excluding hydrogens is 299 g/mol. The van der Waals surface area contributed by atoms with E-state index in [-0.39, 0.29) is 5.82 Å². The maximum atomic E-state index is 12.8. The first-order valence-corrected chi connectivity index (χ1v) is 7.14. The van der Waals surface area contributed by atoms with Gasteiger partial charge in [-0.15, -0.1) is 11.3 Å². The van der Waals surface area contributed by atoms with E-state index in [4.69, 9.17) is 5.73 Å². The summed E-state index contributed by atoms with van der Waals surface area (Å²) in [6.07, 6.45) is -4.33. The Kier molecular flexibility index (Phi) is 3.46. The molecule has 0 bridgehead atoms. The minimum Gasteiger partial charge on any atom is -0.317 e. The number of fused-ring (bicyclic) bond motifs is 1. The van der Waals surface area contributed by atoms with Crippen LogP contribution in [-0.2, 0) is 6.54 Å². The summed E-state index contributed by atoms with van der Waals surface area (Å²) >= 11 is 1.40. The highest BCUT2D eigenvalue weighted by atomic mass is 32.1. The molecule has 2 N–H and O–H groups in total. The second-order valence-corrected chi connectivity index (χ2v) is 5.63. The van der Waals surface area contributed by atoms with E-state index in [0.29, 0.717) is 11.0 Å². The molecule has 3 nitrogen and oxygen atoms in total. The fraction of sp³-hybridized carbons (Fsp3) is 0.214. The Labute approximate surface area is 122 Å². The quantitative estimate of drug-likeness (QED) is 0.801. The van der Waals surface area contributed by atoms with Crippen LogP contribution in [0.1, 0.15) is 16.7 Å². The first kappa shape index (κ1) is 14.1. The Morgan fingerprint density at radius 1 is 1.19 bits per heavy atom. The van der Waals surface area contributed by atoms with Crippen LogP contribution < -0.4 is 5.73 Å². The van der Waals surface area contributed by atoms with E-state index in [1.807, 2.05) is 11.4 Å². The van der Waals surface area contributed by atoms with Crippen LogP contribution in [0.25, 0.3) is 11.0 Å². The van der Waals surface area contributed by atoms with E-state index in [2.05, 4.69) is 4.98 Å². The van der Waals surface area contributed by atoms with Crippen LogP contribution in [0.4, 0.5) is 13.2 Å². The maximum Gasteiger partial charge on any atom is 0.406 e. The van der Waals surface area contributed by atoms with Crippen molar-refractivity contribution >= 4 is 22.4 Å². The number of hydrogen-bond acceptors (Lipinski definition) is 3. The molecule has 2 heterocycles. The van der Waals surface area contributed by atoms with Crippen molar-refractivity contribution in [3.05, 3.63) is 52.5 Å². The average Bonchev–Trinajstić information content (AvgIpc) is 3.05. The lowest BCUT2D eigenvalue weighted by molar-refractivity contribution is -0.140. The van der Waals surface area contributed by atoms with Gasteiger partial charge in [-0.3, -0.25) is 0 Å². The maximum absolute atomic E-state index is 12.8. The van der Waals surface area contributed by atoms with E-state index >= 15 is 0 Å². The third-order valence-corrected chi connectivity index (χ3v) is 4.10. The second-order valence-electron chi connectivity index (χ2n) is 4.65. The molecule has 2 aromatic heterocycles. The Hall–Kier alpha value is -1.86. The first-order chi connectivity index (χ1) is 9.96. The highest BCUT2D eigenvalue weighted by Gasteiger charge is 2.31. The number of rotatable bonds is 3. The van der Waals surface area contributed by atoms with Gasteiger partial charge < -0.3 is 10.3 Å². The lowest BCUT2D eigenvalue weighted by atomic mass is 10.2. The molecule has 1 atom stereocenters. The van der Waals surface area contributed by atoms with E-state index in [9.17, 15) is 13.2 Å². The standard InChI is InChI=1S/C14H12F3N3S/c15-14(16,17)8-20-10-5-2-1-4-9(10)19-13(20)12(18)11-6-3-7-21-11/h1-7,12H,8,18H2. The molecule has 0 saturated carbocycles. The van der Waals surface area contributed by atoms with Crippen molar-refractivity contribution in [3.8, 4) is 0 Å². The fourth-order valence-electron chi connectivity index (χ4n) is 2.27. The van der Waals surface area contributed by atoms with E-state index in [1.165, 1.54) is 11.3 Å². The SMILES string of the molecule is NC(c1cccs1)c1nc2ccccc2n1CC(F)(F)F. The van der Waals surface area contributed by atoms with Crippen molar-refractivity contribution in [1.29, 1.82) is 0 Å². The zero-order valence-electron chi connectivity index (χ0n) is 10.8. The van der Waals surface area contributed by atoms with Crippen LogP contribution in [0.15, 0.2) is 41.8 Å². The van der Waals surface area contributed by atoms with Gasteiger partial charge in [-0.25, -0.2) is 4.98 Å². The lowest BCUT2D eigenvalue weighted by Gasteiger charge is -2.15. The normalized spacial score (nSPS) is 13.7. The minimum atomic E-state index is -4.33. The largest absolute Gasteiger partial charge is 0.406 e. The Morgan fingerprint density at radius 2 is 1.95 bits per heavy atom. The smallest absolute Gasteiger partial charge is 0.317 e. The number of imidazole rings is 1. The van der Waals surface area contributed by atoms with Crippen molar-refractivity contribution < 1.29 is 13.2 Å². The molecule has 0 aliphatic rings. The van der Waals surface area contributed by atoms with Gasteiger partial charge in [-0.2, -0.15) is 13.2 Å². The molecule has 3 aromatic rings. The Balaban J connectivity index is 2.14. The van der Waals surface area contributed by atoms with Gasteiger partial charge in [0.1, 0.15) is 12.4 Å². The summed E-state index contributed by atoms with van der Waals surface area (Å²) in [5, 5.41) is 1.84. The first-order valence-electron chi connectivity index (χ1n) is 6.26. The zero-order chi connectivity index (χ0) is 15.0. The molecule has 0 radical (unpaired) electrons. The lowest BCUT2D eigenvalue weighted by Crippen LogP contribution is -2.23. The number of alkyl halides is 3. The van der Waals surface area contributed by atoms with Crippen LogP contribution >= 0.6 is 11.3 Å². The molecule has 110 valence electrons. The molecule has 0 fully saturated rings. The van der Waals surface area contributed by atoms with Crippen molar-refractivity contribution in [2.24, 2.45) is 5.73 Å². The number of aromatic nitrogens is 2. The number of benzene rings is 1. The van der Waals surface area contributed by atoms with Crippen LogP contribution in [0.2, 0.25) is 0 Å². The predicted molar refractivity (Wildman–Crippen MR) is 76.1 cm³/mol. The van der Waals surface area contributed by atoms with Gasteiger partial charge in [0.2, 0.25) is 0 Å². The van der Waals surface area contributed by atoms with Gasteiger partial charge in [-0.1, -0.05) is 18.2 Å². The highest BCUT2D eigenvalue weighted by Crippen LogP contribution is 2.29. The van der Waals surface area contributed by atoms with Crippen molar-refractivity contribution in [3.63, 3.8) is 0 Å². The molecule has 7 heteroatoms. The van der Waals surface area contributed by atoms with E-state index < -0.39 is 18.8 Å². The second kappa shape index (κ2) is 5.16. The van der Waals surface area contributed by atoms with Crippen LogP contribution in [-0.4, -0.2) is 15.7 Å². The Bertz CT molecular complexity index is 747. The van der Waals surface area contributed by atoms with Crippen LogP contribution in [0, 0.1) is 0 Å². The topological polar surface area (TPSA) is 43.8 Å². The van der Waals surface area contributed by atoms with Gasteiger partial charge in [0.15, 0.2) is 0 Å². The summed E-state index contributed by atoms with van der Waals surface area (Å²) in [5.41, 5.74) is 7.06. The summed E-state index contributed by atoms with van der Waals surface area (Å²) in [5.74, 6) is 0.232. The van der Waals surface area contributed by atoms with Crippen molar-refractivity contribution in [1.82, 2.24) is 9.55 Å². The molecule has 21 heavy (non-hydrogen) atoms. The highest BCUT2D eigenvalue weighted by molar-refractivity contribution is 7.10. The fourth-order valence-corrected chi connectivity index (χ4v) is 3.00. The molecule has 0 amide bonds. The molecule has 3 rings (SSSR count). The number of hydrogen-bond donors (Lipinski definition) is 1. The molecule has 0 aliphatic carbocycles. The number of nitrogens with two attached hydrogens (primary N) is 1. The van der Waals surface area contributed by atoms with E-state index in [0.717, 1.165) is 9.44 Å². The van der Waals surface area contributed by atoms with Gasteiger partial charge in [0.25, 0.3) is 0 Å². The van der Waals surface area contributed by atoms with Gasteiger partial charge in [-0.05, 0) is 23.6 Å². The third-order valence-electron chi connectivity index (χ3n) is 3.15. The predicted octanol–water partition coefficient (Wildman–Crippen LogP) is 3.71. The third kappa shape index (κ3) is 2.79.